The molecule has 0 unspecified atom stereocenters. The van der Waals surface area contributed by atoms with Crippen molar-refractivity contribution in [1.82, 2.24) is 0 Å². The van der Waals surface area contributed by atoms with Crippen molar-refractivity contribution in [2.24, 2.45) is 5.92 Å². The number of anilines is 3. The van der Waals surface area contributed by atoms with E-state index in [0.29, 0.717) is 27.1 Å². The molecule has 3 amide bonds. The van der Waals surface area contributed by atoms with Crippen LogP contribution in [0.3, 0.4) is 0 Å². The van der Waals surface area contributed by atoms with Gasteiger partial charge in [-0.1, -0.05) is 23.2 Å². The topological polar surface area (TPSA) is 105 Å². The maximum Gasteiger partial charge on any atom is 0.311 e. The molecule has 3 rings (SSSR count). The summed E-state index contributed by atoms with van der Waals surface area (Å²) >= 11 is 12.1. The summed E-state index contributed by atoms with van der Waals surface area (Å²) < 4.78 is 5.08. The summed E-state index contributed by atoms with van der Waals surface area (Å²) in [5, 5.41) is 5.96. The summed E-state index contributed by atoms with van der Waals surface area (Å²) in [5.41, 5.74) is 1.50. The quantitative estimate of drug-likeness (QED) is 0.637. The van der Waals surface area contributed by atoms with Crippen molar-refractivity contribution in [2.75, 3.05) is 28.7 Å². The Bertz CT molecular complexity index is 1030. The molecule has 0 radical (unpaired) electrons. The largest absolute Gasteiger partial charge is 0.455 e. The van der Waals surface area contributed by atoms with Crippen LogP contribution in [-0.4, -0.2) is 36.8 Å². The Morgan fingerprint density at radius 3 is 2.35 bits per heavy atom. The van der Waals surface area contributed by atoms with Crippen LogP contribution in [0.25, 0.3) is 0 Å². The number of nitrogens with zero attached hydrogens (tertiary/aromatic N) is 1. The lowest BCUT2D eigenvalue weighted by Crippen LogP contribution is -2.28. The lowest BCUT2D eigenvalue weighted by Gasteiger charge is -2.18. The smallest absolute Gasteiger partial charge is 0.311 e. The number of halogens is 2. The molecule has 1 fully saturated rings. The van der Waals surface area contributed by atoms with Gasteiger partial charge in [-0.2, -0.15) is 0 Å². The van der Waals surface area contributed by atoms with Gasteiger partial charge in [-0.25, -0.2) is 0 Å². The van der Waals surface area contributed by atoms with E-state index in [0.717, 1.165) is 0 Å². The third kappa shape index (κ3) is 5.96. The molecule has 0 aliphatic carbocycles. The van der Waals surface area contributed by atoms with Crippen LogP contribution < -0.4 is 15.5 Å². The third-order valence-corrected chi connectivity index (χ3v) is 5.05. The summed E-state index contributed by atoms with van der Waals surface area (Å²) in [5.74, 6) is -2.38. The molecule has 1 saturated heterocycles. The van der Waals surface area contributed by atoms with Crippen molar-refractivity contribution >= 4 is 64.0 Å². The van der Waals surface area contributed by atoms with Crippen LogP contribution in [0.4, 0.5) is 17.1 Å². The molecule has 1 aliphatic heterocycles. The number of benzene rings is 2. The van der Waals surface area contributed by atoms with E-state index in [4.69, 9.17) is 27.9 Å². The number of ether oxygens (including phenoxy) is 1. The molecule has 1 aliphatic rings. The highest BCUT2D eigenvalue weighted by atomic mass is 35.5. The van der Waals surface area contributed by atoms with E-state index in [1.165, 1.54) is 11.8 Å². The van der Waals surface area contributed by atoms with E-state index in [2.05, 4.69) is 10.6 Å². The monoisotopic (exact) mass is 463 g/mol. The van der Waals surface area contributed by atoms with Gasteiger partial charge in [-0.15, -0.1) is 0 Å². The molecular formula is C21H19Cl2N3O5. The molecule has 0 bridgehead atoms. The van der Waals surface area contributed by atoms with Gasteiger partial charge in [0.15, 0.2) is 6.61 Å². The molecular weight excluding hydrogens is 445 g/mol. The van der Waals surface area contributed by atoms with Crippen LogP contribution in [0.1, 0.15) is 13.3 Å². The normalized spacial score (nSPS) is 15.5. The van der Waals surface area contributed by atoms with Crippen molar-refractivity contribution in [3.05, 3.63) is 52.5 Å². The van der Waals surface area contributed by atoms with E-state index >= 15 is 0 Å². The van der Waals surface area contributed by atoms with Crippen molar-refractivity contribution in [2.45, 2.75) is 13.3 Å². The summed E-state index contributed by atoms with van der Waals surface area (Å²) in [6.45, 7) is 0.990. The molecule has 10 heteroatoms. The molecule has 1 atom stereocenters. The first-order valence-corrected chi connectivity index (χ1v) is 10.1. The number of carbonyl (C=O) groups excluding carboxylic acids is 4. The zero-order chi connectivity index (χ0) is 22.5. The second-order valence-electron chi connectivity index (χ2n) is 6.92. The average Bonchev–Trinajstić information content (AvgIpc) is 3.10. The maximum atomic E-state index is 12.3. The molecule has 8 nitrogen and oxygen atoms in total. The van der Waals surface area contributed by atoms with Crippen molar-refractivity contribution in [1.29, 1.82) is 0 Å². The molecule has 2 aromatic carbocycles. The molecule has 162 valence electrons. The predicted octanol–water partition coefficient (Wildman–Crippen LogP) is 3.49. The summed E-state index contributed by atoms with van der Waals surface area (Å²) in [7, 11) is 0. The molecule has 2 N–H and O–H groups in total. The van der Waals surface area contributed by atoms with E-state index in [1.807, 2.05) is 0 Å². The van der Waals surface area contributed by atoms with Crippen molar-refractivity contribution < 1.29 is 23.9 Å². The number of nitrogens with one attached hydrogen (secondary N) is 2. The number of hydrogen-bond donors (Lipinski definition) is 2. The minimum Gasteiger partial charge on any atom is -0.455 e. The fourth-order valence-corrected chi connectivity index (χ4v) is 3.47. The van der Waals surface area contributed by atoms with Gasteiger partial charge in [0.2, 0.25) is 11.8 Å². The second kappa shape index (κ2) is 9.80. The van der Waals surface area contributed by atoms with Gasteiger partial charge in [-0.3, -0.25) is 19.2 Å². The Labute approximate surface area is 188 Å². The number of rotatable bonds is 6. The van der Waals surface area contributed by atoms with Gasteiger partial charge in [0, 0.05) is 36.3 Å². The van der Waals surface area contributed by atoms with E-state index < -0.39 is 24.4 Å². The molecule has 0 aromatic heterocycles. The first kappa shape index (κ1) is 22.6. The first-order valence-electron chi connectivity index (χ1n) is 9.32. The molecule has 31 heavy (non-hydrogen) atoms. The highest BCUT2D eigenvalue weighted by molar-refractivity contribution is 6.35. The van der Waals surface area contributed by atoms with Crippen LogP contribution in [0.2, 0.25) is 10.0 Å². The second-order valence-corrected chi connectivity index (χ2v) is 7.76. The number of carbonyl (C=O) groups is 4. The Morgan fingerprint density at radius 2 is 1.71 bits per heavy atom. The summed E-state index contributed by atoms with van der Waals surface area (Å²) in [4.78, 5) is 49.1. The van der Waals surface area contributed by atoms with Crippen LogP contribution in [0.15, 0.2) is 42.5 Å². The Morgan fingerprint density at radius 1 is 1.06 bits per heavy atom. The highest BCUT2D eigenvalue weighted by Crippen LogP contribution is 2.33. The van der Waals surface area contributed by atoms with Crippen LogP contribution in [0, 0.1) is 5.92 Å². The van der Waals surface area contributed by atoms with E-state index in [9.17, 15) is 19.2 Å². The minimum absolute atomic E-state index is 0.0477. The molecule has 0 spiro atoms. The van der Waals surface area contributed by atoms with Crippen LogP contribution >= 0.6 is 23.2 Å². The van der Waals surface area contributed by atoms with Gasteiger partial charge in [0.05, 0.1) is 16.6 Å². The summed E-state index contributed by atoms with van der Waals surface area (Å²) in [6.07, 6.45) is -0.0477. The number of hydrogen-bond acceptors (Lipinski definition) is 5. The zero-order valence-corrected chi connectivity index (χ0v) is 18.0. The zero-order valence-electron chi connectivity index (χ0n) is 16.5. The fraction of sp³-hybridized carbons (Fsp3) is 0.238. The Hall–Kier alpha value is -3.10. The van der Waals surface area contributed by atoms with Gasteiger partial charge in [0.1, 0.15) is 0 Å². The van der Waals surface area contributed by atoms with Gasteiger partial charge >= 0.3 is 5.97 Å². The van der Waals surface area contributed by atoms with E-state index in [1.54, 1.807) is 42.5 Å². The Kier molecular flexibility index (Phi) is 7.14. The standard InChI is InChI=1S/C21H19Cl2N3O5/c1-12(27)24-15-3-5-16(6-4-15)25-19(28)11-31-21(30)13-8-20(29)26(10-13)18-9-14(22)2-7-17(18)23/h2-7,9,13H,8,10-11H2,1H3,(H,24,27)(H,25,28)/t13-/m1/s1. The summed E-state index contributed by atoms with van der Waals surface area (Å²) in [6, 6.07) is 11.2. The molecule has 1 heterocycles. The third-order valence-electron chi connectivity index (χ3n) is 4.49. The lowest BCUT2D eigenvalue weighted by molar-refractivity contribution is -0.151. The number of esters is 1. The van der Waals surface area contributed by atoms with E-state index in [-0.39, 0.29) is 24.8 Å². The SMILES string of the molecule is CC(=O)Nc1ccc(NC(=O)COC(=O)[C@@H]2CC(=O)N(c3cc(Cl)ccc3Cl)C2)cc1. The molecule has 2 aromatic rings. The minimum atomic E-state index is -0.715. The predicted molar refractivity (Wildman–Crippen MR) is 117 cm³/mol. The molecule has 0 saturated carbocycles. The fourth-order valence-electron chi connectivity index (χ4n) is 3.08. The van der Waals surface area contributed by atoms with Crippen molar-refractivity contribution in [3.8, 4) is 0 Å². The van der Waals surface area contributed by atoms with Crippen LogP contribution in [-0.2, 0) is 23.9 Å². The first-order chi connectivity index (χ1) is 14.7. The highest BCUT2D eigenvalue weighted by Gasteiger charge is 2.37. The van der Waals surface area contributed by atoms with Crippen LogP contribution in [0.5, 0.6) is 0 Å². The number of amides is 3. The van der Waals surface area contributed by atoms with Crippen molar-refractivity contribution in [3.63, 3.8) is 0 Å². The maximum absolute atomic E-state index is 12.3. The Balaban J connectivity index is 1.51. The van der Waals surface area contributed by atoms with Gasteiger partial charge in [0.25, 0.3) is 5.91 Å². The average molecular weight is 464 g/mol. The van der Waals surface area contributed by atoms with Gasteiger partial charge < -0.3 is 20.3 Å². The van der Waals surface area contributed by atoms with Gasteiger partial charge in [-0.05, 0) is 42.5 Å². The lowest BCUT2D eigenvalue weighted by atomic mass is 10.1.